The first-order valence-corrected chi connectivity index (χ1v) is 7.27. The fourth-order valence-electron chi connectivity index (χ4n) is 3.01. The van der Waals surface area contributed by atoms with Crippen molar-refractivity contribution >= 4 is 11.6 Å². The minimum atomic E-state index is 0.450. The largest absolute Gasteiger partial charge is 0.317 e. The molecule has 1 saturated heterocycles. The van der Waals surface area contributed by atoms with Crippen molar-refractivity contribution in [2.24, 2.45) is 5.92 Å². The lowest BCUT2D eigenvalue weighted by Crippen LogP contribution is -2.40. The van der Waals surface area contributed by atoms with Crippen LogP contribution in [-0.4, -0.2) is 31.6 Å². The Hall–Kier alpha value is -0.570. The van der Waals surface area contributed by atoms with Crippen LogP contribution in [0.5, 0.6) is 0 Å². The standard InChI is InChI=1S/C15H23ClN2/c1-3-17-11-12-7-6-10-18(2)15(12)13-8-4-5-9-14(13)16/h4-5,8-9,12,15,17H,3,6-7,10-11H2,1-2H3. The molecule has 1 aliphatic rings. The summed E-state index contributed by atoms with van der Waals surface area (Å²) in [5, 5.41) is 4.39. The molecule has 2 nitrogen and oxygen atoms in total. The molecular weight excluding hydrogens is 244 g/mol. The summed E-state index contributed by atoms with van der Waals surface area (Å²) in [6.45, 7) is 5.45. The second-order valence-electron chi connectivity index (χ2n) is 5.16. The molecule has 0 radical (unpaired) electrons. The molecule has 0 bridgehead atoms. The van der Waals surface area contributed by atoms with E-state index in [-0.39, 0.29) is 0 Å². The van der Waals surface area contributed by atoms with E-state index in [1.165, 1.54) is 24.9 Å². The highest BCUT2D eigenvalue weighted by Gasteiger charge is 2.31. The first kappa shape index (κ1) is 13.9. The van der Waals surface area contributed by atoms with Crippen molar-refractivity contribution in [3.8, 4) is 0 Å². The fraction of sp³-hybridized carbons (Fsp3) is 0.600. The van der Waals surface area contributed by atoms with Gasteiger partial charge in [0.1, 0.15) is 0 Å². The maximum absolute atomic E-state index is 6.38. The van der Waals surface area contributed by atoms with Gasteiger partial charge in [0.2, 0.25) is 0 Å². The monoisotopic (exact) mass is 266 g/mol. The molecule has 3 heteroatoms. The number of halogens is 1. The van der Waals surface area contributed by atoms with Crippen LogP contribution in [0.1, 0.15) is 31.4 Å². The van der Waals surface area contributed by atoms with E-state index in [1.54, 1.807) is 0 Å². The van der Waals surface area contributed by atoms with E-state index < -0.39 is 0 Å². The third-order valence-electron chi connectivity index (χ3n) is 3.89. The van der Waals surface area contributed by atoms with Gasteiger partial charge in [0.05, 0.1) is 0 Å². The van der Waals surface area contributed by atoms with E-state index in [2.05, 4.69) is 36.3 Å². The van der Waals surface area contributed by atoms with E-state index in [4.69, 9.17) is 11.6 Å². The van der Waals surface area contributed by atoms with Crippen LogP contribution >= 0.6 is 11.6 Å². The summed E-state index contributed by atoms with van der Waals surface area (Å²) in [7, 11) is 2.21. The lowest BCUT2D eigenvalue weighted by atomic mass is 9.85. The Kier molecular flexibility index (Phi) is 5.04. The number of nitrogens with one attached hydrogen (secondary N) is 1. The minimum absolute atomic E-state index is 0.450. The second kappa shape index (κ2) is 6.55. The summed E-state index contributed by atoms with van der Waals surface area (Å²) in [5.41, 5.74) is 1.28. The van der Waals surface area contributed by atoms with Gasteiger partial charge in [-0.25, -0.2) is 0 Å². The zero-order valence-corrected chi connectivity index (χ0v) is 12.1. The summed E-state index contributed by atoms with van der Waals surface area (Å²) in [6, 6.07) is 8.73. The lowest BCUT2D eigenvalue weighted by molar-refractivity contribution is 0.120. The minimum Gasteiger partial charge on any atom is -0.317 e. The number of nitrogens with zero attached hydrogens (tertiary/aromatic N) is 1. The third kappa shape index (κ3) is 3.05. The van der Waals surface area contributed by atoms with Gasteiger partial charge in [0.15, 0.2) is 0 Å². The molecule has 18 heavy (non-hydrogen) atoms. The topological polar surface area (TPSA) is 15.3 Å². The van der Waals surface area contributed by atoms with Gasteiger partial charge in [-0.1, -0.05) is 36.7 Å². The molecular formula is C15H23ClN2. The molecule has 0 spiro atoms. The number of hydrogen-bond donors (Lipinski definition) is 1. The average molecular weight is 267 g/mol. The number of likely N-dealkylation sites (tertiary alicyclic amines) is 1. The molecule has 1 aliphatic heterocycles. The summed E-state index contributed by atoms with van der Waals surface area (Å²) < 4.78 is 0. The first-order valence-electron chi connectivity index (χ1n) is 6.89. The predicted octanol–water partition coefficient (Wildman–Crippen LogP) is 3.33. The van der Waals surface area contributed by atoms with Gasteiger partial charge < -0.3 is 5.32 Å². The highest BCUT2D eigenvalue weighted by atomic mass is 35.5. The summed E-state index contributed by atoms with van der Waals surface area (Å²) in [4.78, 5) is 2.45. The Labute approximate surface area is 115 Å². The maximum atomic E-state index is 6.38. The van der Waals surface area contributed by atoms with Gasteiger partial charge in [-0.2, -0.15) is 0 Å². The van der Waals surface area contributed by atoms with Crippen LogP contribution in [0.3, 0.4) is 0 Å². The van der Waals surface area contributed by atoms with E-state index >= 15 is 0 Å². The van der Waals surface area contributed by atoms with Crippen molar-refractivity contribution in [2.45, 2.75) is 25.8 Å². The van der Waals surface area contributed by atoms with Gasteiger partial charge in [-0.3, -0.25) is 4.90 Å². The molecule has 2 unspecified atom stereocenters. The van der Waals surface area contributed by atoms with Gasteiger partial charge in [-0.15, -0.1) is 0 Å². The van der Waals surface area contributed by atoms with Crippen LogP contribution in [0.2, 0.25) is 5.02 Å². The fourth-order valence-corrected chi connectivity index (χ4v) is 3.26. The second-order valence-corrected chi connectivity index (χ2v) is 5.56. The van der Waals surface area contributed by atoms with Crippen LogP contribution in [-0.2, 0) is 0 Å². The van der Waals surface area contributed by atoms with Crippen molar-refractivity contribution in [2.75, 3.05) is 26.7 Å². The molecule has 1 N–H and O–H groups in total. The van der Waals surface area contributed by atoms with Gasteiger partial charge in [0, 0.05) is 11.1 Å². The number of rotatable bonds is 4. The van der Waals surface area contributed by atoms with Crippen LogP contribution < -0.4 is 5.32 Å². The average Bonchev–Trinajstić information content (AvgIpc) is 2.38. The van der Waals surface area contributed by atoms with Gasteiger partial charge >= 0.3 is 0 Å². The molecule has 0 aliphatic carbocycles. The molecule has 2 atom stereocenters. The molecule has 0 aromatic heterocycles. The van der Waals surface area contributed by atoms with Crippen LogP contribution in [0, 0.1) is 5.92 Å². The summed E-state index contributed by atoms with van der Waals surface area (Å²) in [5.74, 6) is 0.656. The molecule has 1 aromatic carbocycles. The Balaban J connectivity index is 2.21. The quantitative estimate of drug-likeness (QED) is 0.899. The van der Waals surface area contributed by atoms with Crippen LogP contribution in [0.25, 0.3) is 0 Å². The van der Waals surface area contributed by atoms with Crippen molar-refractivity contribution in [3.05, 3.63) is 34.9 Å². The highest BCUT2D eigenvalue weighted by molar-refractivity contribution is 6.31. The Morgan fingerprint density at radius 2 is 2.17 bits per heavy atom. The summed E-state index contributed by atoms with van der Waals surface area (Å²) in [6.07, 6.45) is 2.57. The Bertz CT molecular complexity index is 381. The number of piperidine rings is 1. The van der Waals surface area contributed by atoms with E-state index in [0.717, 1.165) is 18.1 Å². The van der Waals surface area contributed by atoms with E-state index in [1.807, 2.05) is 12.1 Å². The molecule has 100 valence electrons. The van der Waals surface area contributed by atoms with E-state index in [0.29, 0.717) is 12.0 Å². The predicted molar refractivity (Wildman–Crippen MR) is 78.1 cm³/mol. The van der Waals surface area contributed by atoms with Crippen LogP contribution in [0.4, 0.5) is 0 Å². The van der Waals surface area contributed by atoms with Crippen molar-refractivity contribution in [1.29, 1.82) is 0 Å². The Morgan fingerprint density at radius 3 is 2.89 bits per heavy atom. The number of hydrogen-bond acceptors (Lipinski definition) is 2. The normalized spacial score (nSPS) is 25.3. The first-order chi connectivity index (χ1) is 8.74. The SMILES string of the molecule is CCNCC1CCCN(C)C1c1ccccc1Cl. The van der Waals surface area contributed by atoms with Crippen molar-refractivity contribution < 1.29 is 0 Å². The lowest BCUT2D eigenvalue weighted by Gasteiger charge is -2.40. The third-order valence-corrected chi connectivity index (χ3v) is 4.23. The van der Waals surface area contributed by atoms with Crippen molar-refractivity contribution in [1.82, 2.24) is 10.2 Å². The molecule has 0 saturated carbocycles. The zero-order chi connectivity index (χ0) is 13.0. The zero-order valence-electron chi connectivity index (χ0n) is 11.3. The van der Waals surface area contributed by atoms with E-state index in [9.17, 15) is 0 Å². The summed E-state index contributed by atoms with van der Waals surface area (Å²) >= 11 is 6.38. The Morgan fingerprint density at radius 1 is 1.39 bits per heavy atom. The molecule has 1 aromatic rings. The van der Waals surface area contributed by atoms with Crippen molar-refractivity contribution in [3.63, 3.8) is 0 Å². The maximum Gasteiger partial charge on any atom is 0.0453 e. The van der Waals surface area contributed by atoms with Crippen LogP contribution in [0.15, 0.2) is 24.3 Å². The highest BCUT2D eigenvalue weighted by Crippen LogP contribution is 2.37. The molecule has 1 fully saturated rings. The molecule has 2 rings (SSSR count). The molecule has 0 amide bonds. The number of benzene rings is 1. The van der Waals surface area contributed by atoms with Gasteiger partial charge in [-0.05, 0) is 57.1 Å². The molecule has 1 heterocycles. The smallest absolute Gasteiger partial charge is 0.0453 e. The van der Waals surface area contributed by atoms with Gasteiger partial charge in [0.25, 0.3) is 0 Å².